The van der Waals surface area contributed by atoms with Crippen molar-refractivity contribution in [3.8, 4) is 0 Å². The number of hydrogen-bond acceptors (Lipinski definition) is 4. The van der Waals surface area contributed by atoms with Crippen molar-refractivity contribution >= 4 is 0 Å². The van der Waals surface area contributed by atoms with Crippen LogP contribution in [0.25, 0.3) is 0 Å². The third-order valence-electron chi connectivity index (χ3n) is 4.44. The lowest BCUT2D eigenvalue weighted by atomic mass is 10.1. The zero-order chi connectivity index (χ0) is 16.9. The summed E-state index contributed by atoms with van der Waals surface area (Å²) in [6.07, 6.45) is 5.53. The van der Waals surface area contributed by atoms with Crippen LogP contribution in [0.4, 0.5) is 4.39 Å². The van der Waals surface area contributed by atoms with Crippen LogP contribution in [0.15, 0.2) is 36.7 Å². The quantitative estimate of drug-likeness (QED) is 0.844. The standard InChI is InChI=1S/C18H24FN3O2/c1-21-10-15(9-20-21)18-7-4-8-22(18)11-16(23)13-24-12-14-5-2-3-6-17(14)19/h2-3,5-6,9-10,16,18,23H,4,7-8,11-13H2,1H3/t16-,18+/m1/s1. The number of ether oxygens (including phenoxy) is 1. The second kappa shape index (κ2) is 7.88. The largest absolute Gasteiger partial charge is 0.389 e. The second-order valence-electron chi connectivity index (χ2n) is 6.36. The zero-order valence-corrected chi connectivity index (χ0v) is 13.9. The maximum atomic E-state index is 13.5. The Balaban J connectivity index is 1.47. The normalized spacial score (nSPS) is 19.7. The second-order valence-corrected chi connectivity index (χ2v) is 6.36. The van der Waals surface area contributed by atoms with E-state index < -0.39 is 6.10 Å². The first-order chi connectivity index (χ1) is 11.6. The predicted molar refractivity (Wildman–Crippen MR) is 88.8 cm³/mol. The minimum atomic E-state index is -0.589. The van der Waals surface area contributed by atoms with Crippen LogP contribution in [-0.2, 0) is 18.4 Å². The van der Waals surface area contributed by atoms with E-state index in [1.54, 1.807) is 22.9 Å². The van der Waals surface area contributed by atoms with E-state index in [1.165, 1.54) is 11.6 Å². The smallest absolute Gasteiger partial charge is 0.128 e. The van der Waals surface area contributed by atoms with Crippen molar-refractivity contribution in [1.82, 2.24) is 14.7 Å². The van der Waals surface area contributed by atoms with Crippen molar-refractivity contribution in [3.63, 3.8) is 0 Å². The Labute approximate surface area is 141 Å². The van der Waals surface area contributed by atoms with Crippen LogP contribution in [0.3, 0.4) is 0 Å². The summed E-state index contributed by atoms with van der Waals surface area (Å²) in [5, 5.41) is 14.5. The maximum absolute atomic E-state index is 13.5. The van der Waals surface area contributed by atoms with Crippen molar-refractivity contribution in [2.24, 2.45) is 7.05 Å². The summed E-state index contributed by atoms with van der Waals surface area (Å²) in [5.41, 5.74) is 1.70. The summed E-state index contributed by atoms with van der Waals surface area (Å²) in [4.78, 5) is 2.27. The average Bonchev–Trinajstić information content (AvgIpc) is 3.18. The fourth-order valence-corrected chi connectivity index (χ4v) is 3.28. The molecule has 5 nitrogen and oxygen atoms in total. The fourth-order valence-electron chi connectivity index (χ4n) is 3.28. The third kappa shape index (κ3) is 4.20. The molecule has 0 saturated carbocycles. The van der Waals surface area contributed by atoms with Crippen LogP contribution in [0, 0.1) is 5.82 Å². The van der Waals surface area contributed by atoms with Gasteiger partial charge in [0.05, 0.1) is 25.5 Å². The molecule has 6 heteroatoms. The molecule has 1 N–H and O–H groups in total. The van der Waals surface area contributed by atoms with Crippen LogP contribution in [-0.4, -0.2) is 45.6 Å². The number of aliphatic hydroxyl groups excluding tert-OH is 1. The minimum Gasteiger partial charge on any atom is -0.389 e. The lowest BCUT2D eigenvalue weighted by molar-refractivity contribution is 0.00698. The van der Waals surface area contributed by atoms with Gasteiger partial charge in [0.2, 0.25) is 0 Å². The first-order valence-electron chi connectivity index (χ1n) is 8.35. The minimum absolute atomic E-state index is 0.176. The van der Waals surface area contributed by atoms with Gasteiger partial charge in [-0.25, -0.2) is 4.39 Å². The highest BCUT2D eigenvalue weighted by molar-refractivity contribution is 5.16. The number of aromatic nitrogens is 2. The van der Waals surface area contributed by atoms with Crippen molar-refractivity contribution in [1.29, 1.82) is 0 Å². The summed E-state index contributed by atoms with van der Waals surface area (Å²) in [6, 6.07) is 6.85. The molecule has 0 bridgehead atoms. The van der Waals surface area contributed by atoms with Gasteiger partial charge in [-0.05, 0) is 25.5 Å². The lowest BCUT2D eigenvalue weighted by Gasteiger charge is -2.26. The Morgan fingerprint density at radius 3 is 3.00 bits per heavy atom. The maximum Gasteiger partial charge on any atom is 0.128 e. The van der Waals surface area contributed by atoms with Crippen LogP contribution >= 0.6 is 0 Å². The van der Waals surface area contributed by atoms with Gasteiger partial charge in [-0.1, -0.05) is 18.2 Å². The monoisotopic (exact) mass is 333 g/mol. The first kappa shape index (κ1) is 17.1. The Morgan fingerprint density at radius 1 is 1.42 bits per heavy atom. The fraction of sp³-hybridized carbons (Fsp3) is 0.500. The van der Waals surface area contributed by atoms with E-state index in [1.807, 2.05) is 19.4 Å². The molecular formula is C18H24FN3O2. The van der Waals surface area contributed by atoms with Crippen molar-refractivity contribution in [2.45, 2.75) is 31.6 Å². The Hall–Kier alpha value is -1.76. The molecule has 130 valence electrons. The molecule has 1 aliphatic heterocycles. The van der Waals surface area contributed by atoms with Crippen LogP contribution in [0.2, 0.25) is 0 Å². The van der Waals surface area contributed by atoms with E-state index in [0.717, 1.165) is 19.4 Å². The summed E-state index contributed by atoms with van der Waals surface area (Å²) in [5.74, 6) is -0.275. The van der Waals surface area contributed by atoms with Gasteiger partial charge in [0.1, 0.15) is 5.82 Å². The number of rotatable bonds is 7. The Kier molecular flexibility index (Phi) is 5.60. The summed E-state index contributed by atoms with van der Waals surface area (Å²) in [7, 11) is 1.91. The molecular weight excluding hydrogens is 309 g/mol. The number of aliphatic hydroxyl groups is 1. The van der Waals surface area contributed by atoms with Gasteiger partial charge in [-0.2, -0.15) is 5.10 Å². The number of β-amino-alcohol motifs (C(OH)–C–C–N with tert-alkyl or cyclic N) is 1. The third-order valence-corrected chi connectivity index (χ3v) is 4.44. The van der Waals surface area contributed by atoms with E-state index >= 15 is 0 Å². The van der Waals surface area contributed by atoms with Gasteiger partial charge in [-0.3, -0.25) is 9.58 Å². The molecule has 0 amide bonds. The number of halogens is 1. The molecule has 24 heavy (non-hydrogen) atoms. The molecule has 1 aromatic heterocycles. The van der Waals surface area contributed by atoms with Crippen LogP contribution < -0.4 is 0 Å². The lowest BCUT2D eigenvalue weighted by Crippen LogP contribution is -2.34. The molecule has 0 unspecified atom stereocenters. The average molecular weight is 333 g/mol. The van der Waals surface area contributed by atoms with E-state index in [4.69, 9.17) is 4.74 Å². The van der Waals surface area contributed by atoms with Crippen LogP contribution in [0.5, 0.6) is 0 Å². The molecule has 0 radical (unpaired) electrons. The SMILES string of the molecule is Cn1cc([C@@H]2CCCN2C[C@@H](O)COCc2ccccc2F)cn1. The molecule has 1 saturated heterocycles. The molecule has 1 aliphatic rings. The van der Waals surface area contributed by atoms with E-state index in [-0.39, 0.29) is 19.0 Å². The molecule has 3 rings (SSSR count). The summed E-state index contributed by atoms with van der Waals surface area (Å²) in [6.45, 7) is 1.89. The molecule has 2 atom stereocenters. The van der Waals surface area contributed by atoms with Crippen molar-refractivity contribution in [3.05, 3.63) is 53.6 Å². The van der Waals surface area contributed by atoms with Gasteiger partial charge in [0, 0.05) is 37.0 Å². The predicted octanol–water partition coefficient (Wildman–Crippen LogP) is 2.27. The highest BCUT2D eigenvalue weighted by Gasteiger charge is 2.28. The number of benzene rings is 1. The van der Waals surface area contributed by atoms with E-state index in [0.29, 0.717) is 18.2 Å². The van der Waals surface area contributed by atoms with Crippen molar-refractivity contribution in [2.75, 3.05) is 19.7 Å². The van der Waals surface area contributed by atoms with Gasteiger partial charge < -0.3 is 9.84 Å². The van der Waals surface area contributed by atoms with Crippen LogP contribution in [0.1, 0.15) is 30.0 Å². The number of likely N-dealkylation sites (tertiary alicyclic amines) is 1. The number of hydrogen-bond donors (Lipinski definition) is 1. The highest BCUT2D eigenvalue weighted by Crippen LogP contribution is 2.31. The Morgan fingerprint density at radius 2 is 2.25 bits per heavy atom. The molecule has 0 spiro atoms. The Bertz CT molecular complexity index is 661. The van der Waals surface area contributed by atoms with Gasteiger partial charge in [0.25, 0.3) is 0 Å². The zero-order valence-electron chi connectivity index (χ0n) is 13.9. The summed E-state index contributed by atoms with van der Waals surface area (Å²) < 4.78 is 20.8. The van der Waals surface area contributed by atoms with Gasteiger partial charge in [0.15, 0.2) is 0 Å². The molecule has 1 fully saturated rings. The number of nitrogens with zero attached hydrogens (tertiary/aromatic N) is 3. The highest BCUT2D eigenvalue weighted by atomic mass is 19.1. The molecule has 2 aromatic rings. The van der Waals surface area contributed by atoms with E-state index in [2.05, 4.69) is 10.00 Å². The molecule has 2 heterocycles. The van der Waals surface area contributed by atoms with Gasteiger partial charge >= 0.3 is 0 Å². The van der Waals surface area contributed by atoms with E-state index in [9.17, 15) is 9.50 Å². The first-order valence-corrected chi connectivity index (χ1v) is 8.35. The summed E-state index contributed by atoms with van der Waals surface area (Å²) >= 11 is 0. The molecule has 1 aromatic carbocycles. The molecule has 0 aliphatic carbocycles. The number of aryl methyl sites for hydroxylation is 1. The topological polar surface area (TPSA) is 50.5 Å². The van der Waals surface area contributed by atoms with Gasteiger partial charge in [-0.15, -0.1) is 0 Å². The van der Waals surface area contributed by atoms with Crippen molar-refractivity contribution < 1.29 is 14.2 Å².